The fourth-order valence-electron chi connectivity index (χ4n) is 2.79. The Morgan fingerprint density at radius 2 is 2.16 bits per heavy atom. The number of carbonyl (C=O) groups excluding carboxylic acids is 1. The first-order valence-electron chi connectivity index (χ1n) is 6.99. The molecular weight excluding hydrogens is 240 g/mol. The van der Waals surface area contributed by atoms with Gasteiger partial charge in [0.25, 0.3) is 0 Å². The number of ether oxygens (including phenoxy) is 1. The van der Waals surface area contributed by atoms with Gasteiger partial charge in [0.15, 0.2) is 0 Å². The molecule has 19 heavy (non-hydrogen) atoms. The number of hydrogen-bond donors (Lipinski definition) is 1. The molecule has 2 aliphatic rings. The van der Waals surface area contributed by atoms with Crippen LogP contribution >= 0.6 is 0 Å². The van der Waals surface area contributed by atoms with E-state index in [9.17, 15) is 4.79 Å². The summed E-state index contributed by atoms with van der Waals surface area (Å²) in [7, 11) is 0. The van der Waals surface area contributed by atoms with Crippen molar-refractivity contribution in [3.8, 4) is 0 Å². The predicted molar refractivity (Wildman–Crippen MR) is 72.4 cm³/mol. The van der Waals surface area contributed by atoms with Crippen molar-refractivity contribution in [2.24, 2.45) is 5.92 Å². The Hall–Kier alpha value is -1.39. The van der Waals surface area contributed by atoms with E-state index in [4.69, 9.17) is 4.74 Å². The molecule has 0 spiro atoms. The van der Waals surface area contributed by atoms with Crippen LogP contribution in [0.25, 0.3) is 0 Å². The van der Waals surface area contributed by atoms with Crippen molar-refractivity contribution < 1.29 is 9.53 Å². The molecule has 102 valence electrons. The Morgan fingerprint density at radius 1 is 1.32 bits per heavy atom. The Labute approximate surface area is 113 Å². The molecular formula is C15H20N2O2. The fourth-order valence-corrected chi connectivity index (χ4v) is 2.79. The molecule has 2 saturated heterocycles. The molecule has 1 N–H and O–H groups in total. The largest absolute Gasteiger partial charge is 0.381 e. The lowest BCUT2D eigenvalue weighted by Gasteiger charge is -2.17. The van der Waals surface area contributed by atoms with Crippen molar-refractivity contribution in [2.75, 3.05) is 26.4 Å². The van der Waals surface area contributed by atoms with Crippen molar-refractivity contribution in [1.29, 1.82) is 0 Å². The maximum atomic E-state index is 12.3. The molecule has 4 nitrogen and oxygen atoms in total. The Kier molecular flexibility index (Phi) is 3.80. The minimum atomic E-state index is -0.166. The van der Waals surface area contributed by atoms with E-state index in [2.05, 4.69) is 5.32 Å². The van der Waals surface area contributed by atoms with E-state index in [1.807, 2.05) is 35.2 Å². The molecule has 0 saturated carbocycles. The minimum absolute atomic E-state index is 0.166. The van der Waals surface area contributed by atoms with Crippen LogP contribution < -0.4 is 5.32 Å². The van der Waals surface area contributed by atoms with Gasteiger partial charge in [-0.05, 0) is 24.3 Å². The summed E-state index contributed by atoms with van der Waals surface area (Å²) in [5.41, 5.74) is 1.05. The summed E-state index contributed by atoms with van der Waals surface area (Å²) in [4.78, 5) is 14.3. The van der Waals surface area contributed by atoms with Gasteiger partial charge in [0.2, 0.25) is 5.91 Å². The first-order valence-corrected chi connectivity index (χ1v) is 6.99. The summed E-state index contributed by atoms with van der Waals surface area (Å²) < 4.78 is 5.37. The third-order valence-electron chi connectivity index (χ3n) is 4.01. The van der Waals surface area contributed by atoms with E-state index in [-0.39, 0.29) is 11.9 Å². The van der Waals surface area contributed by atoms with E-state index in [1.165, 1.54) is 0 Å². The number of benzene rings is 1. The van der Waals surface area contributed by atoms with Crippen molar-refractivity contribution in [2.45, 2.75) is 18.9 Å². The predicted octanol–water partition coefficient (Wildman–Crippen LogP) is 1.54. The summed E-state index contributed by atoms with van der Waals surface area (Å²) in [6.45, 7) is 3.23. The van der Waals surface area contributed by atoms with Gasteiger partial charge in [0.05, 0.1) is 6.67 Å². The summed E-state index contributed by atoms with van der Waals surface area (Å²) in [5.74, 6) is 0.827. The summed E-state index contributed by atoms with van der Waals surface area (Å²) in [5, 5.41) is 3.29. The monoisotopic (exact) mass is 260 g/mol. The highest BCUT2D eigenvalue weighted by Crippen LogP contribution is 2.22. The molecule has 0 bridgehead atoms. The zero-order chi connectivity index (χ0) is 13.1. The number of amides is 1. The summed E-state index contributed by atoms with van der Waals surface area (Å²) in [6, 6.07) is 9.77. The molecule has 0 aromatic heterocycles. The first kappa shape index (κ1) is 12.6. The van der Waals surface area contributed by atoms with Crippen LogP contribution in [0.4, 0.5) is 0 Å². The fraction of sp³-hybridized carbons (Fsp3) is 0.533. The van der Waals surface area contributed by atoms with E-state index in [0.717, 1.165) is 38.2 Å². The Balaban J connectivity index is 1.56. The highest BCUT2D eigenvalue weighted by atomic mass is 16.5. The molecule has 2 heterocycles. The quantitative estimate of drug-likeness (QED) is 0.893. The molecule has 1 amide bonds. The lowest BCUT2D eigenvalue weighted by Crippen LogP contribution is -2.29. The maximum Gasteiger partial charge on any atom is 0.245 e. The molecule has 2 aliphatic heterocycles. The Bertz CT molecular complexity index is 429. The van der Waals surface area contributed by atoms with Gasteiger partial charge in [-0.25, -0.2) is 0 Å². The molecule has 2 fully saturated rings. The summed E-state index contributed by atoms with van der Waals surface area (Å²) >= 11 is 0. The van der Waals surface area contributed by atoms with Gasteiger partial charge >= 0.3 is 0 Å². The van der Waals surface area contributed by atoms with Crippen molar-refractivity contribution >= 4 is 5.91 Å². The van der Waals surface area contributed by atoms with Gasteiger partial charge in [-0.3, -0.25) is 10.1 Å². The molecule has 0 aliphatic carbocycles. The van der Waals surface area contributed by atoms with Crippen LogP contribution in [0.5, 0.6) is 0 Å². The number of nitrogens with zero attached hydrogens (tertiary/aromatic N) is 1. The van der Waals surface area contributed by atoms with Crippen LogP contribution in [-0.4, -0.2) is 37.2 Å². The van der Waals surface area contributed by atoms with Gasteiger partial charge < -0.3 is 9.64 Å². The number of hydrogen-bond acceptors (Lipinski definition) is 3. The third-order valence-corrected chi connectivity index (χ3v) is 4.01. The van der Waals surface area contributed by atoms with Crippen LogP contribution in [0.3, 0.4) is 0 Å². The van der Waals surface area contributed by atoms with Crippen LogP contribution in [0, 0.1) is 5.92 Å². The average molecular weight is 260 g/mol. The topological polar surface area (TPSA) is 41.6 Å². The van der Waals surface area contributed by atoms with Crippen molar-refractivity contribution in [3.05, 3.63) is 35.9 Å². The van der Waals surface area contributed by atoms with E-state index >= 15 is 0 Å². The average Bonchev–Trinajstić information content (AvgIpc) is 3.07. The van der Waals surface area contributed by atoms with Crippen molar-refractivity contribution in [1.82, 2.24) is 10.2 Å². The SMILES string of the molecule is O=C1C(c2ccccc2)NCN1CCC1CCOC1. The lowest BCUT2D eigenvalue weighted by molar-refractivity contribution is -0.129. The number of carbonyl (C=O) groups is 1. The molecule has 0 radical (unpaired) electrons. The maximum absolute atomic E-state index is 12.3. The van der Waals surface area contributed by atoms with Crippen LogP contribution in [0.2, 0.25) is 0 Å². The second-order valence-corrected chi connectivity index (χ2v) is 5.33. The third kappa shape index (κ3) is 2.80. The molecule has 2 unspecified atom stereocenters. The van der Waals surface area contributed by atoms with Crippen LogP contribution in [0.15, 0.2) is 30.3 Å². The smallest absolute Gasteiger partial charge is 0.245 e. The number of nitrogens with one attached hydrogen (secondary N) is 1. The van der Waals surface area contributed by atoms with Gasteiger partial charge in [0, 0.05) is 19.8 Å². The molecule has 3 rings (SSSR count). The molecule has 2 atom stereocenters. The minimum Gasteiger partial charge on any atom is -0.381 e. The standard InChI is InChI=1S/C15H20N2O2/c18-15-14(13-4-2-1-3-5-13)16-11-17(15)8-6-12-7-9-19-10-12/h1-5,12,14,16H,6-11H2. The van der Waals surface area contributed by atoms with Crippen LogP contribution in [0.1, 0.15) is 24.4 Å². The van der Waals surface area contributed by atoms with E-state index < -0.39 is 0 Å². The van der Waals surface area contributed by atoms with Gasteiger partial charge in [-0.15, -0.1) is 0 Å². The molecule has 1 aromatic rings. The van der Waals surface area contributed by atoms with Gasteiger partial charge in [-0.1, -0.05) is 30.3 Å². The zero-order valence-corrected chi connectivity index (χ0v) is 11.0. The zero-order valence-electron chi connectivity index (χ0n) is 11.0. The highest BCUT2D eigenvalue weighted by molar-refractivity contribution is 5.85. The second kappa shape index (κ2) is 5.72. The Morgan fingerprint density at radius 3 is 2.89 bits per heavy atom. The molecule has 4 heteroatoms. The van der Waals surface area contributed by atoms with Crippen LogP contribution in [-0.2, 0) is 9.53 Å². The summed E-state index contributed by atoms with van der Waals surface area (Å²) in [6.07, 6.45) is 2.19. The second-order valence-electron chi connectivity index (χ2n) is 5.33. The van der Waals surface area contributed by atoms with Crippen molar-refractivity contribution in [3.63, 3.8) is 0 Å². The normalized spacial score (nSPS) is 27.2. The van der Waals surface area contributed by atoms with Gasteiger partial charge in [-0.2, -0.15) is 0 Å². The van der Waals surface area contributed by atoms with Gasteiger partial charge in [0.1, 0.15) is 6.04 Å². The molecule has 1 aromatic carbocycles. The number of rotatable bonds is 4. The van der Waals surface area contributed by atoms with E-state index in [1.54, 1.807) is 0 Å². The lowest BCUT2D eigenvalue weighted by atomic mass is 10.0. The first-order chi connectivity index (χ1) is 9.34. The highest BCUT2D eigenvalue weighted by Gasteiger charge is 2.32. The van der Waals surface area contributed by atoms with E-state index in [0.29, 0.717) is 12.6 Å².